The van der Waals surface area contributed by atoms with Gasteiger partial charge in [0.25, 0.3) is 5.56 Å². The molecule has 8 heteroatoms. The molecule has 0 N–H and O–H groups in total. The maximum atomic E-state index is 13.8. The van der Waals surface area contributed by atoms with E-state index in [1.54, 1.807) is 10.9 Å². The first kappa shape index (κ1) is 26.4. The Morgan fingerprint density at radius 2 is 1.73 bits per heavy atom. The first-order valence-electron chi connectivity index (χ1n) is 14.7. The molecule has 2 saturated heterocycles. The highest BCUT2D eigenvalue weighted by Gasteiger charge is 2.32. The summed E-state index contributed by atoms with van der Waals surface area (Å²) in [5.74, 6) is 0.812. The summed E-state index contributed by atoms with van der Waals surface area (Å²) < 4.78 is 3.64. The summed E-state index contributed by atoms with van der Waals surface area (Å²) in [7, 11) is 0. The minimum Gasteiger partial charge on any atom is -0.340 e. The third-order valence-electron chi connectivity index (χ3n) is 8.53. The van der Waals surface area contributed by atoms with Gasteiger partial charge in [-0.25, -0.2) is 9.97 Å². The topological polar surface area (TPSA) is 76.3 Å². The van der Waals surface area contributed by atoms with E-state index < -0.39 is 0 Å². The lowest BCUT2D eigenvalue weighted by Gasteiger charge is -2.45. The van der Waals surface area contributed by atoms with Gasteiger partial charge < -0.3 is 9.47 Å². The monoisotopic (exact) mass is 538 g/mol. The van der Waals surface area contributed by atoms with Gasteiger partial charge in [0.05, 0.1) is 23.4 Å². The number of benzene rings is 1. The van der Waals surface area contributed by atoms with Crippen LogP contribution in [-0.4, -0.2) is 55.6 Å². The lowest BCUT2D eigenvalue weighted by atomic mass is 9.99. The SMILES string of the molecule is CCn1cnc2c(c(C)cn2Cc2ccc(C(=O)c3cccnc3N3CCCCC3N3CCCCC3)cc2)c1=O. The Morgan fingerprint density at radius 3 is 2.50 bits per heavy atom. The summed E-state index contributed by atoms with van der Waals surface area (Å²) >= 11 is 0. The van der Waals surface area contributed by atoms with Crippen LogP contribution < -0.4 is 10.5 Å². The lowest BCUT2D eigenvalue weighted by molar-refractivity contribution is 0.103. The molecular formula is C32H38N6O2. The van der Waals surface area contributed by atoms with Crippen molar-refractivity contribution in [1.29, 1.82) is 0 Å². The molecule has 2 aliphatic heterocycles. The largest absolute Gasteiger partial charge is 0.340 e. The summed E-state index contributed by atoms with van der Waals surface area (Å²) in [6.45, 7) is 8.24. The average molecular weight is 539 g/mol. The molecule has 4 aromatic rings. The molecule has 3 aromatic heterocycles. The van der Waals surface area contributed by atoms with Gasteiger partial charge in [-0.15, -0.1) is 0 Å². The fraction of sp³-hybridized carbons (Fsp3) is 0.438. The maximum absolute atomic E-state index is 13.8. The van der Waals surface area contributed by atoms with E-state index in [1.165, 1.54) is 25.7 Å². The minimum atomic E-state index is -0.00630. The van der Waals surface area contributed by atoms with Crippen molar-refractivity contribution in [2.45, 2.75) is 71.6 Å². The highest BCUT2D eigenvalue weighted by molar-refractivity contribution is 6.12. The Morgan fingerprint density at radius 1 is 0.950 bits per heavy atom. The summed E-state index contributed by atoms with van der Waals surface area (Å²) in [5.41, 5.74) is 3.98. The van der Waals surface area contributed by atoms with E-state index >= 15 is 0 Å². The lowest BCUT2D eigenvalue weighted by Crippen LogP contribution is -2.53. The number of aromatic nitrogens is 4. The van der Waals surface area contributed by atoms with Gasteiger partial charge in [0.15, 0.2) is 5.78 Å². The molecule has 1 unspecified atom stereocenters. The number of fused-ring (bicyclic) bond motifs is 1. The zero-order chi connectivity index (χ0) is 27.6. The number of anilines is 1. The molecule has 1 atom stereocenters. The van der Waals surface area contributed by atoms with Gasteiger partial charge in [-0.3, -0.25) is 19.1 Å². The van der Waals surface area contributed by atoms with Crippen LogP contribution >= 0.6 is 0 Å². The molecule has 2 aliphatic rings. The van der Waals surface area contributed by atoms with Crippen molar-refractivity contribution >= 4 is 22.6 Å². The van der Waals surface area contributed by atoms with Crippen LogP contribution in [0.3, 0.4) is 0 Å². The molecule has 0 saturated carbocycles. The molecule has 40 heavy (non-hydrogen) atoms. The Bertz CT molecular complexity index is 1560. The number of pyridine rings is 1. The fourth-order valence-corrected chi connectivity index (χ4v) is 6.42. The van der Waals surface area contributed by atoms with Crippen LogP contribution in [0.5, 0.6) is 0 Å². The number of carbonyl (C=O) groups excluding carboxylic acids is 1. The number of carbonyl (C=O) groups is 1. The van der Waals surface area contributed by atoms with Crippen molar-refractivity contribution in [3.8, 4) is 0 Å². The smallest absolute Gasteiger partial charge is 0.263 e. The number of rotatable bonds is 7. The third kappa shape index (κ3) is 4.96. The molecule has 6 rings (SSSR count). The van der Waals surface area contributed by atoms with Crippen LogP contribution in [0, 0.1) is 6.92 Å². The quantitative estimate of drug-likeness (QED) is 0.308. The Kier molecular flexibility index (Phi) is 7.52. The summed E-state index contributed by atoms with van der Waals surface area (Å²) in [4.78, 5) is 40.9. The maximum Gasteiger partial charge on any atom is 0.263 e. The van der Waals surface area contributed by atoms with Crippen molar-refractivity contribution in [1.82, 2.24) is 24.0 Å². The van der Waals surface area contributed by atoms with Crippen LogP contribution in [0.1, 0.15) is 72.5 Å². The van der Waals surface area contributed by atoms with Gasteiger partial charge in [0.1, 0.15) is 11.5 Å². The van der Waals surface area contributed by atoms with E-state index in [0.29, 0.717) is 41.4 Å². The fourth-order valence-electron chi connectivity index (χ4n) is 6.42. The van der Waals surface area contributed by atoms with Crippen molar-refractivity contribution < 1.29 is 4.79 Å². The number of aryl methyl sites for hydroxylation is 2. The molecule has 0 spiro atoms. The first-order valence-corrected chi connectivity index (χ1v) is 14.7. The zero-order valence-corrected chi connectivity index (χ0v) is 23.6. The molecule has 0 amide bonds. The van der Waals surface area contributed by atoms with E-state index in [9.17, 15) is 9.59 Å². The van der Waals surface area contributed by atoms with E-state index in [2.05, 4.69) is 14.8 Å². The number of likely N-dealkylation sites (tertiary alicyclic amines) is 1. The normalized spacial score (nSPS) is 18.4. The van der Waals surface area contributed by atoms with Crippen molar-refractivity contribution in [3.05, 3.63) is 87.7 Å². The molecule has 5 heterocycles. The predicted molar refractivity (Wildman–Crippen MR) is 158 cm³/mol. The minimum absolute atomic E-state index is 0.00154. The number of hydrogen-bond acceptors (Lipinski definition) is 6. The number of ketones is 1. The van der Waals surface area contributed by atoms with E-state index in [4.69, 9.17) is 4.98 Å². The van der Waals surface area contributed by atoms with Crippen LogP contribution in [0.4, 0.5) is 5.82 Å². The molecule has 208 valence electrons. The third-order valence-corrected chi connectivity index (χ3v) is 8.53. The van der Waals surface area contributed by atoms with Crippen LogP contribution in [-0.2, 0) is 13.1 Å². The average Bonchev–Trinajstić information content (AvgIpc) is 3.33. The highest BCUT2D eigenvalue weighted by atomic mass is 16.1. The van der Waals surface area contributed by atoms with Gasteiger partial charge >= 0.3 is 0 Å². The molecule has 2 fully saturated rings. The zero-order valence-electron chi connectivity index (χ0n) is 23.6. The number of hydrogen-bond donors (Lipinski definition) is 0. The summed E-state index contributed by atoms with van der Waals surface area (Å²) in [6, 6.07) is 11.6. The van der Waals surface area contributed by atoms with E-state index in [1.807, 2.05) is 67.2 Å². The predicted octanol–water partition coefficient (Wildman–Crippen LogP) is 5.00. The Labute approximate surface area is 235 Å². The van der Waals surface area contributed by atoms with Crippen molar-refractivity contribution in [2.75, 3.05) is 24.5 Å². The molecule has 8 nitrogen and oxygen atoms in total. The number of nitrogens with zero attached hydrogens (tertiary/aromatic N) is 6. The van der Waals surface area contributed by atoms with Gasteiger partial charge in [0, 0.05) is 50.7 Å². The van der Waals surface area contributed by atoms with Crippen LogP contribution in [0.2, 0.25) is 0 Å². The van der Waals surface area contributed by atoms with E-state index in [0.717, 1.165) is 49.4 Å². The molecule has 1 aromatic carbocycles. The van der Waals surface area contributed by atoms with E-state index in [-0.39, 0.29) is 11.3 Å². The van der Waals surface area contributed by atoms with Crippen molar-refractivity contribution in [2.24, 2.45) is 0 Å². The van der Waals surface area contributed by atoms with Gasteiger partial charge in [-0.05, 0) is 69.2 Å². The van der Waals surface area contributed by atoms with Crippen LogP contribution in [0.25, 0.3) is 11.0 Å². The van der Waals surface area contributed by atoms with Crippen molar-refractivity contribution in [3.63, 3.8) is 0 Å². The second-order valence-electron chi connectivity index (χ2n) is 11.1. The van der Waals surface area contributed by atoms with Gasteiger partial charge in [0.2, 0.25) is 0 Å². The van der Waals surface area contributed by atoms with Crippen LogP contribution in [0.15, 0.2) is 59.9 Å². The van der Waals surface area contributed by atoms with Gasteiger partial charge in [-0.2, -0.15) is 0 Å². The second kappa shape index (κ2) is 11.4. The standard InChI is InChI=1S/C32H38N6O2/c1-3-35-22-34-31-28(32(35)40)23(2)20-37(31)21-24-12-14-25(15-13-24)29(39)26-10-9-16-33-30(26)38-19-8-5-11-27(38)36-17-6-4-7-18-36/h9-10,12-16,20,22,27H,3-8,11,17-19,21H2,1-2H3. The first-order chi connectivity index (χ1) is 19.5. The molecular weight excluding hydrogens is 500 g/mol. The second-order valence-corrected chi connectivity index (χ2v) is 11.1. The highest BCUT2D eigenvalue weighted by Crippen LogP contribution is 2.31. The molecule has 0 radical (unpaired) electrons. The summed E-state index contributed by atoms with van der Waals surface area (Å²) in [5, 5.41) is 0.667. The molecule has 0 aliphatic carbocycles. The molecule has 0 bridgehead atoms. The Hall–Kier alpha value is -3.78. The summed E-state index contributed by atoms with van der Waals surface area (Å²) in [6.07, 6.45) is 13.0. The number of piperidine rings is 2. The Balaban J connectivity index is 1.24. The van der Waals surface area contributed by atoms with Gasteiger partial charge in [-0.1, -0.05) is 30.7 Å².